The molecule has 1 amide bonds. The van der Waals surface area contributed by atoms with E-state index in [1.165, 1.54) is 0 Å². The zero-order valence-corrected chi connectivity index (χ0v) is 11.1. The van der Waals surface area contributed by atoms with Gasteiger partial charge in [0.1, 0.15) is 11.6 Å². The maximum atomic E-state index is 13.2. The highest BCUT2D eigenvalue weighted by atomic mass is 35.5. The Hall–Kier alpha value is -1.20. The predicted molar refractivity (Wildman–Crippen MR) is 68.6 cm³/mol. The lowest BCUT2D eigenvalue weighted by atomic mass is 10.1. The van der Waals surface area contributed by atoms with Gasteiger partial charge >= 0.3 is 0 Å². The van der Waals surface area contributed by atoms with Crippen molar-refractivity contribution in [1.29, 1.82) is 0 Å². The Balaban J connectivity index is 0.00000289. The molecule has 0 radical (unpaired) electrons. The van der Waals surface area contributed by atoms with Gasteiger partial charge in [0.05, 0.1) is 6.42 Å². The van der Waals surface area contributed by atoms with Crippen molar-refractivity contribution in [1.82, 2.24) is 5.32 Å². The predicted octanol–water partition coefficient (Wildman–Crippen LogP) is 1.78. The maximum Gasteiger partial charge on any atom is 0.224 e. The van der Waals surface area contributed by atoms with Crippen LogP contribution < -0.4 is 11.1 Å². The zero-order chi connectivity index (χ0) is 13.1. The first-order valence-corrected chi connectivity index (χ1v) is 5.27. The smallest absolute Gasteiger partial charge is 0.224 e. The average Bonchev–Trinajstić information content (AvgIpc) is 2.20. The molecule has 1 aromatic carbocycles. The van der Waals surface area contributed by atoms with E-state index >= 15 is 0 Å². The van der Waals surface area contributed by atoms with Crippen molar-refractivity contribution >= 4 is 18.3 Å². The molecule has 0 atom stereocenters. The molecule has 0 aliphatic rings. The Morgan fingerprint density at radius 1 is 1.39 bits per heavy atom. The molecule has 0 saturated carbocycles. The molecule has 3 nitrogen and oxygen atoms in total. The van der Waals surface area contributed by atoms with Gasteiger partial charge in [0.2, 0.25) is 5.91 Å². The van der Waals surface area contributed by atoms with Crippen LogP contribution in [0.4, 0.5) is 8.78 Å². The number of rotatable bonds is 4. The van der Waals surface area contributed by atoms with Gasteiger partial charge in [-0.2, -0.15) is 0 Å². The molecule has 0 saturated heterocycles. The van der Waals surface area contributed by atoms with Gasteiger partial charge in [-0.15, -0.1) is 12.4 Å². The van der Waals surface area contributed by atoms with Crippen molar-refractivity contribution < 1.29 is 13.6 Å². The minimum absolute atomic E-state index is 0. The fourth-order valence-corrected chi connectivity index (χ4v) is 1.24. The summed E-state index contributed by atoms with van der Waals surface area (Å²) in [6, 6.07) is 3.03. The van der Waals surface area contributed by atoms with Crippen LogP contribution in [0.3, 0.4) is 0 Å². The molecular formula is C12H17ClF2N2O. The van der Waals surface area contributed by atoms with Crippen LogP contribution >= 0.6 is 12.4 Å². The molecule has 0 bridgehead atoms. The third-order valence-electron chi connectivity index (χ3n) is 2.10. The largest absolute Gasteiger partial charge is 0.354 e. The van der Waals surface area contributed by atoms with Crippen LogP contribution in [-0.4, -0.2) is 18.0 Å². The van der Waals surface area contributed by atoms with E-state index in [9.17, 15) is 13.6 Å². The van der Waals surface area contributed by atoms with E-state index < -0.39 is 17.2 Å². The Morgan fingerprint density at radius 3 is 2.56 bits per heavy atom. The molecule has 0 aromatic heterocycles. The number of carbonyl (C=O) groups is 1. The van der Waals surface area contributed by atoms with Crippen LogP contribution in [0.15, 0.2) is 18.2 Å². The van der Waals surface area contributed by atoms with Gasteiger partial charge in [0, 0.05) is 17.6 Å². The van der Waals surface area contributed by atoms with E-state index in [4.69, 9.17) is 5.73 Å². The highest BCUT2D eigenvalue weighted by Crippen LogP contribution is 2.10. The van der Waals surface area contributed by atoms with Crippen LogP contribution in [-0.2, 0) is 11.2 Å². The number of halogens is 3. The van der Waals surface area contributed by atoms with Gasteiger partial charge in [0.25, 0.3) is 0 Å². The molecule has 1 aromatic rings. The number of amides is 1. The van der Waals surface area contributed by atoms with E-state index in [1.54, 1.807) is 13.8 Å². The molecule has 0 spiro atoms. The standard InChI is InChI=1S/C12H16F2N2O.ClH/c1-12(2,15)7-16-11(17)6-8-5-9(13)3-4-10(8)14;/h3-5H,6-7,15H2,1-2H3,(H,16,17);1H. The number of hydrogen-bond acceptors (Lipinski definition) is 2. The molecule has 0 unspecified atom stereocenters. The molecule has 0 heterocycles. The van der Waals surface area contributed by atoms with Gasteiger partial charge in [0.15, 0.2) is 0 Å². The summed E-state index contributed by atoms with van der Waals surface area (Å²) in [7, 11) is 0. The van der Waals surface area contributed by atoms with Crippen molar-refractivity contribution in [3.63, 3.8) is 0 Å². The van der Waals surface area contributed by atoms with Gasteiger partial charge in [-0.25, -0.2) is 8.78 Å². The Morgan fingerprint density at radius 2 is 2.00 bits per heavy atom. The molecule has 1 rings (SSSR count). The minimum Gasteiger partial charge on any atom is -0.354 e. The van der Waals surface area contributed by atoms with E-state index in [1.807, 2.05) is 0 Å². The first kappa shape index (κ1) is 16.8. The summed E-state index contributed by atoms with van der Waals surface area (Å²) in [6.45, 7) is 3.80. The molecule has 102 valence electrons. The quantitative estimate of drug-likeness (QED) is 0.882. The van der Waals surface area contributed by atoms with Crippen molar-refractivity contribution in [3.05, 3.63) is 35.4 Å². The van der Waals surface area contributed by atoms with Crippen LogP contribution in [0.1, 0.15) is 19.4 Å². The number of nitrogens with two attached hydrogens (primary N) is 1. The van der Waals surface area contributed by atoms with E-state index in [-0.39, 0.29) is 36.8 Å². The van der Waals surface area contributed by atoms with Crippen LogP contribution in [0.2, 0.25) is 0 Å². The Labute approximate surface area is 111 Å². The molecule has 3 N–H and O–H groups in total. The second-order valence-electron chi connectivity index (χ2n) is 4.68. The summed E-state index contributed by atoms with van der Waals surface area (Å²) in [6.07, 6.45) is -0.195. The van der Waals surface area contributed by atoms with E-state index in [2.05, 4.69) is 5.32 Å². The SMILES string of the molecule is CC(C)(N)CNC(=O)Cc1cc(F)ccc1F.Cl. The molecule has 0 aliphatic carbocycles. The molecular weight excluding hydrogens is 262 g/mol. The number of hydrogen-bond donors (Lipinski definition) is 2. The van der Waals surface area contributed by atoms with Crippen molar-refractivity contribution in [3.8, 4) is 0 Å². The summed E-state index contributed by atoms with van der Waals surface area (Å²) in [4.78, 5) is 11.5. The molecule has 0 aliphatic heterocycles. The van der Waals surface area contributed by atoms with Gasteiger partial charge in [-0.3, -0.25) is 4.79 Å². The summed E-state index contributed by atoms with van der Waals surface area (Å²) < 4.78 is 26.1. The van der Waals surface area contributed by atoms with E-state index in [0.29, 0.717) is 0 Å². The monoisotopic (exact) mass is 278 g/mol. The van der Waals surface area contributed by atoms with Crippen LogP contribution in [0, 0.1) is 11.6 Å². The number of carbonyl (C=O) groups excluding carboxylic acids is 1. The number of benzene rings is 1. The van der Waals surface area contributed by atoms with Crippen LogP contribution in [0.25, 0.3) is 0 Å². The summed E-state index contributed by atoms with van der Waals surface area (Å²) >= 11 is 0. The van der Waals surface area contributed by atoms with Gasteiger partial charge < -0.3 is 11.1 Å². The van der Waals surface area contributed by atoms with Gasteiger partial charge in [-0.05, 0) is 32.0 Å². The zero-order valence-electron chi connectivity index (χ0n) is 10.3. The summed E-state index contributed by atoms with van der Waals surface area (Å²) in [5, 5.41) is 2.56. The summed E-state index contributed by atoms with van der Waals surface area (Å²) in [5.41, 5.74) is 5.19. The van der Waals surface area contributed by atoms with Crippen molar-refractivity contribution in [2.24, 2.45) is 5.73 Å². The topological polar surface area (TPSA) is 55.1 Å². The lowest BCUT2D eigenvalue weighted by Crippen LogP contribution is -2.45. The molecule has 0 fully saturated rings. The lowest BCUT2D eigenvalue weighted by molar-refractivity contribution is -0.120. The van der Waals surface area contributed by atoms with Crippen LogP contribution in [0.5, 0.6) is 0 Å². The van der Waals surface area contributed by atoms with Gasteiger partial charge in [-0.1, -0.05) is 0 Å². The Kier molecular flexibility index (Phi) is 6.21. The number of nitrogens with one attached hydrogen (secondary N) is 1. The highest BCUT2D eigenvalue weighted by molar-refractivity contribution is 5.85. The molecule has 6 heteroatoms. The lowest BCUT2D eigenvalue weighted by Gasteiger charge is -2.18. The fraction of sp³-hybridized carbons (Fsp3) is 0.417. The van der Waals surface area contributed by atoms with Crippen molar-refractivity contribution in [2.75, 3.05) is 6.54 Å². The maximum absolute atomic E-state index is 13.2. The second kappa shape index (κ2) is 6.66. The second-order valence-corrected chi connectivity index (χ2v) is 4.68. The van der Waals surface area contributed by atoms with E-state index in [0.717, 1.165) is 18.2 Å². The Bertz CT molecular complexity index is 419. The van der Waals surface area contributed by atoms with Crippen molar-refractivity contribution in [2.45, 2.75) is 25.8 Å². The highest BCUT2D eigenvalue weighted by Gasteiger charge is 2.14. The summed E-state index contributed by atoms with van der Waals surface area (Å²) in [5.74, 6) is -1.53. The third kappa shape index (κ3) is 5.93. The average molecular weight is 279 g/mol. The molecule has 18 heavy (non-hydrogen) atoms. The first-order valence-electron chi connectivity index (χ1n) is 5.27. The fourth-order valence-electron chi connectivity index (χ4n) is 1.24. The third-order valence-corrected chi connectivity index (χ3v) is 2.10. The minimum atomic E-state index is -0.589. The normalized spacial score (nSPS) is 10.7. The first-order chi connectivity index (χ1) is 7.78.